The van der Waals surface area contributed by atoms with Crippen molar-refractivity contribution in [2.24, 2.45) is 5.92 Å². The van der Waals surface area contributed by atoms with Crippen molar-refractivity contribution in [3.8, 4) is 0 Å². The fourth-order valence-electron chi connectivity index (χ4n) is 2.53. The lowest BCUT2D eigenvalue weighted by Crippen LogP contribution is -2.33. The van der Waals surface area contributed by atoms with Crippen LogP contribution in [0.5, 0.6) is 0 Å². The fourth-order valence-corrected chi connectivity index (χ4v) is 3.76. The van der Waals surface area contributed by atoms with Crippen LogP contribution in [0.3, 0.4) is 0 Å². The highest BCUT2D eigenvalue weighted by Gasteiger charge is 2.26. The van der Waals surface area contributed by atoms with E-state index in [9.17, 15) is 12.8 Å². The van der Waals surface area contributed by atoms with Crippen LogP contribution < -0.4 is 10.5 Å². The molecule has 118 valence electrons. The van der Waals surface area contributed by atoms with E-state index in [1.165, 1.54) is 6.07 Å². The van der Waals surface area contributed by atoms with Gasteiger partial charge in [-0.05, 0) is 50.9 Å². The first kappa shape index (κ1) is 16.2. The van der Waals surface area contributed by atoms with Gasteiger partial charge in [0.1, 0.15) is 10.7 Å². The number of sulfonamides is 1. The van der Waals surface area contributed by atoms with E-state index in [0.29, 0.717) is 12.6 Å². The predicted molar refractivity (Wildman–Crippen MR) is 80.8 cm³/mol. The Morgan fingerprint density at radius 1 is 1.48 bits per heavy atom. The summed E-state index contributed by atoms with van der Waals surface area (Å²) in [7, 11) is -3.86. The molecule has 2 rings (SSSR count). The minimum absolute atomic E-state index is 0.226. The predicted octanol–water partition coefficient (Wildman–Crippen LogP) is 1.42. The SMILES string of the molecule is CC(C)N1CCC(CNS(=O)(=O)c2cc(N)ccc2F)C1. The normalized spacial score (nSPS) is 20.3. The number of hydrogen-bond acceptors (Lipinski definition) is 4. The molecule has 1 aromatic carbocycles. The molecule has 7 heteroatoms. The first-order valence-corrected chi connectivity index (χ1v) is 8.56. The van der Waals surface area contributed by atoms with Crippen LogP contribution in [0, 0.1) is 11.7 Å². The van der Waals surface area contributed by atoms with Gasteiger partial charge in [-0.25, -0.2) is 17.5 Å². The third-order valence-electron chi connectivity index (χ3n) is 3.85. The molecule has 1 saturated heterocycles. The second kappa shape index (κ2) is 6.29. The van der Waals surface area contributed by atoms with E-state index in [-0.39, 0.29) is 16.5 Å². The molecule has 1 unspecified atom stereocenters. The zero-order chi connectivity index (χ0) is 15.6. The zero-order valence-corrected chi connectivity index (χ0v) is 13.2. The Morgan fingerprint density at radius 3 is 2.81 bits per heavy atom. The van der Waals surface area contributed by atoms with Crippen LogP contribution in [0.1, 0.15) is 20.3 Å². The Kier molecular flexibility index (Phi) is 4.85. The number of halogens is 1. The van der Waals surface area contributed by atoms with Gasteiger partial charge in [-0.3, -0.25) is 0 Å². The number of hydrogen-bond donors (Lipinski definition) is 2. The maximum atomic E-state index is 13.7. The van der Waals surface area contributed by atoms with Gasteiger partial charge in [0.05, 0.1) is 0 Å². The maximum Gasteiger partial charge on any atom is 0.243 e. The first-order chi connectivity index (χ1) is 9.79. The number of likely N-dealkylation sites (tertiary alicyclic amines) is 1. The molecule has 0 saturated carbocycles. The summed E-state index contributed by atoms with van der Waals surface area (Å²) in [6.07, 6.45) is 0.945. The van der Waals surface area contributed by atoms with Gasteiger partial charge in [-0.2, -0.15) is 0 Å². The van der Waals surface area contributed by atoms with Crippen molar-refractivity contribution in [3.05, 3.63) is 24.0 Å². The van der Waals surface area contributed by atoms with Gasteiger partial charge in [-0.15, -0.1) is 0 Å². The van der Waals surface area contributed by atoms with Crippen LogP contribution in [-0.4, -0.2) is 39.0 Å². The lowest BCUT2D eigenvalue weighted by Gasteiger charge is -2.20. The Bertz CT molecular complexity index is 604. The lowest BCUT2D eigenvalue weighted by atomic mass is 10.1. The molecule has 0 bridgehead atoms. The van der Waals surface area contributed by atoms with Crippen LogP contribution in [0.2, 0.25) is 0 Å². The number of nitrogens with zero attached hydrogens (tertiary/aromatic N) is 1. The molecule has 1 fully saturated rings. The smallest absolute Gasteiger partial charge is 0.243 e. The van der Waals surface area contributed by atoms with Gasteiger partial charge in [0.25, 0.3) is 0 Å². The highest BCUT2D eigenvalue weighted by Crippen LogP contribution is 2.20. The standard InChI is InChI=1S/C14H22FN3O2S/c1-10(2)18-6-5-11(9-18)8-17-21(19,20)14-7-12(16)3-4-13(14)15/h3-4,7,10-11,17H,5-6,8-9,16H2,1-2H3. The highest BCUT2D eigenvalue weighted by molar-refractivity contribution is 7.89. The average molecular weight is 315 g/mol. The number of benzene rings is 1. The van der Waals surface area contributed by atoms with Crippen LogP contribution in [0.4, 0.5) is 10.1 Å². The van der Waals surface area contributed by atoms with Crippen molar-refractivity contribution in [1.29, 1.82) is 0 Å². The quantitative estimate of drug-likeness (QED) is 0.806. The summed E-state index contributed by atoms with van der Waals surface area (Å²) in [5.41, 5.74) is 5.75. The number of nitrogens with two attached hydrogens (primary N) is 1. The van der Waals surface area contributed by atoms with Crippen molar-refractivity contribution in [2.45, 2.75) is 31.2 Å². The van der Waals surface area contributed by atoms with E-state index in [1.54, 1.807) is 0 Å². The summed E-state index contributed by atoms with van der Waals surface area (Å²) in [4.78, 5) is 1.92. The molecular formula is C14H22FN3O2S. The molecule has 0 spiro atoms. The highest BCUT2D eigenvalue weighted by atomic mass is 32.2. The largest absolute Gasteiger partial charge is 0.399 e. The van der Waals surface area contributed by atoms with Crippen molar-refractivity contribution in [1.82, 2.24) is 9.62 Å². The summed E-state index contributed by atoms with van der Waals surface area (Å²) in [5, 5.41) is 0. The molecule has 5 nitrogen and oxygen atoms in total. The molecule has 1 heterocycles. The Hall–Kier alpha value is -1.18. The summed E-state index contributed by atoms with van der Waals surface area (Å²) < 4.78 is 40.5. The molecule has 0 aliphatic carbocycles. The van der Waals surface area contributed by atoms with Crippen molar-refractivity contribution in [3.63, 3.8) is 0 Å². The van der Waals surface area contributed by atoms with E-state index in [0.717, 1.165) is 31.6 Å². The number of nitrogen functional groups attached to an aromatic ring is 1. The first-order valence-electron chi connectivity index (χ1n) is 7.08. The van der Waals surface area contributed by atoms with Crippen molar-refractivity contribution >= 4 is 15.7 Å². The lowest BCUT2D eigenvalue weighted by molar-refractivity contribution is 0.265. The van der Waals surface area contributed by atoms with Crippen molar-refractivity contribution < 1.29 is 12.8 Å². The van der Waals surface area contributed by atoms with Gasteiger partial charge >= 0.3 is 0 Å². The second-order valence-corrected chi connectivity index (χ2v) is 7.52. The molecular weight excluding hydrogens is 293 g/mol. The van der Waals surface area contributed by atoms with E-state index >= 15 is 0 Å². The van der Waals surface area contributed by atoms with E-state index in [2.05, 4.69) is 23.5 Å². The van der Waals surface area contributed by atoms with Gasteiger partial charge < -0.3 is 10.6 Å². The maximum absolute atomic E-state index is 13.7. The third kappa shape index (κ3) is 3.93. The molecule has 1 aliphatic rings. The number of anilines is 1. The average Bonchev–Trinajstić information content (AvgIpc) is 2.88. The minimum Gasteiger partial charge on any atom is -0.399 e. The monoisotopic (exact) mass is 315 g/mol. The number of nitrogens with one attached hydrogen (secondary N) is 1. The van der Waals surface area contributed by atoms with E-state index in [1.807, 2.05) is 0 Å². The topological polar surface area (TPSA) is 75.4 Å². The summed E-state index contributed by atoms with van der Waals surface area (Å²) in [6, 6.07) is 4.01. The Balaban J connectivity index is 2.01. The number of rotatable bonds is 5. The summed E-state index contributed by atoms with van der Waals surface area (Å²) in [6.45, 7) is 6.39. The van der Waals surface area contributed by atoms with Gasteiger partial charge in [0.2, 0.25) is 10.0 Å². The van der Waals surface area contributed by atoms with Crippen molar-refractivity contribution in [2.75, 3.05) is 25.4 Å². The Labute approximate surface area is 125 Å². The van der Waals surface area contributed by atoms with E-state index in [4.69, 9.17) is 5.73 Å². The van der Waals surface area contributed by atoms with Gasteiger partial charge in [-0.1, -0.05) is 0 Å². The zero-order valence-electron chi connectivity index (χ0n) is 12.3. The molecule has 0 amide bonds. The molecule has 21 heavy (non-hydrogen) atoms. The molecule has 1 aromatic rings. The van der Waals surface area contributed by atoms with Crippen LogP contribution >= 0.6 is 0 Å². The fraction of sp³-hybridized carbons (Fsp3) is 0.571. The van der Waals surface area contributed by atoms with Crippen LogP contribution in [0.15, 0.2) is 23.1 Å². The van der Waals surface area contributed by atoms with E-state index < -0.39 is 15.8 Å². The third-order valence-corrected chi connectivity index (χ3v) is 5.29. The van der Waals surface area contributed by atoms with Crippen LogP contribution in [-0.2, 0) is 10.0 Å². The molecule has 1 aliphatic heterocycles. The van der Waals surface area contributed by atoms with Crippen LogP contribution in [0.25, 0.3) is 0 Å². The molecule has 0 aromatic heterocycles. The summed E-state index contributed by atoms with van der Waals surface area (Å²) >= 11 is 0. The van der Waals surface area contributed by atoms with Gasteiger partial charge in [0, 0.05) is 24.8 Å². The minimum atomic E-state index is -3.86. The molecule has 3 N–H and O–H groups in total. The van der Waals surface area contributed by atoms with Gasteiger partial charge in [0.15, 0.2) is 0 Å². The Morgan fingerprint density at radius 2 is 2.19 bits per heavy atom. The molecule has 1 atom stereocenters. The molecule has 0 radical (unpaired) electrons. The second-order valence-electron chi connectivity index (χ2n) is 5.79. The summed E-state index contributed by atoms with van der Waals surface area (Å²) in [5.74, 6) is -0.529.